The number of hydrogen-bond donors (Lipinski definition) is 1. The topological polar surface area (TPSA) is 79.7 Å². The Kier molecular flexibility index (Phi) is 7.07. The second kappa shape index (κ2) is 10.3. The molecule has 1 fully saturated rings. The lowest BCUT2D eigenvalue weighted by molar-refractivity contribution is -0.132. The van der Waals surface area contributed by atoms with Crippen LogP contribution in [-0.4, -0.2) is 28.4 Å². The molecule has 0 spiro atoms. The molecule has 0 bridgehead atoms. The highest BCUT2D eigenvalue weighted by atomic mass is 16.5. The van der Waals surface area contributed by atoms with Crippen molar-refractivity contribution in [2.24, 2.45) is 0 Å². The molecule has 0 radical (unpaired) electrons. The Morgan fingerprint density at radius 3 is 2.53 bits per heavy atom. The number of aliphatic hydroxyl groups excluding tert-OH is 1. The number of unbranched alkanes of at least 4 members (excludes halogenated alkanes) is 2. The molecule has 1 aliphatic heterocycles. The van der Waals surface area contributed by atoms with Gasteiger partial charge >= 0.3 is 0 Å². The van der Waals surface area contributed by atoms with Crippen molar-refractivity contribution < 1.29 is 19.4 Å². The minimum Gasteiger partial charge on any atom is -0.507 e. The van der Waals surface area contributed by atoms with Crippen LogP contribution < -0.4 is 9.64 Å². The molecule has 2 heterocycles. The minimum absolute atomic E-state index is 0.0381. The molecule has 4 rings (SSSR count). The van der Waals surface area contributed by atoms with Crippen LogP contribution in [0.1, 0.15) is 48.9 Å². The van der Waals surface area contributed by atoms with E-state index in [2.05, 4.69) is 11.9 Å². The maximum atomic E-state index is 13.2. The van der Waals surface area contributed by atoms with E-state index in [1.165, 1.54) is 4.90 Å². The predicted molar refractivity (Wildman–Crippen MR) is 132 cm³/mol. The number of ketones is 1. The summed E-state index contributed by atoms with van der Waals surface area (Å²) in [6.45, 7) is 4.69. The fraction of sp³-hybridized carbons (Fsp3) is 0.250. The van der Waals surface area contributed by atoms with E-state index < -0.39 is 17.7 Å². The van der Waals surface area contributed by atoms with Crippen molar-refractivity contribution in [1.82, 2.24) is 4.98 Å². The van der Waals surface area contributed by atoms with Gasteiger partial charge in [0.25, 0.3) is 11.7 Å². The van der Waals surface area contributed by atoms with Gasteiger partial charge < -0.3 is 9.84 Å². The van der Waals surface area contributed by atoms with E-state index in [1.807, 2.05) is 25.1 Å². The van der Waals surface area contributed by atoms with Gasteiger partial charge in [-0.2, -0.15) is 0 Å². The van der Waals surface area contributed by atoms with Crippen molar-refractivity contribution in [3.05, 3.63) is 95.3 Å². The summed E-state index contributed by atoms with van der Waals surface area (Å²) in [4.78, 5) is 32.0. The van der Waals surface area contributed by atoms with Crippen molar-refractivity contribution in [3.63, 3.8) is 0 Å². The van der Waals surface area contributed by atoms with Gasteiger partial charge in [-0.15, -0.1) is 0 Å². The van der Waals surface area contributed by atoms with Crippen LogP contribution in [-0.2, 0) is 9.59 Å². The zero-order chi connectivity index (χ0) is 24.1. The number of aliphatic hydroxyl groups is 1. The maximum absolute atomic E-state index is 13.2. The predicted octanol–water partition coefficient (Wildman–Crippen LogP) is 5.59. The summed E-state index contributed by atoms with van der Waals surface area (Å²) < 4.78 is 5.75. The third kappa shape index (κ3) is 4.71. The van der Waals surface area contributed by atoms with Crippen LogP contribution in [0, 0.1) is 6.92 Å². The number of carbonyl (C=O) groups excluding carboxylic acids is 2. The van der Waals surface area contributed by atoms with Gasteiger partial charge in [0, 0.05) is 23.6 Å². The molecule has 0 saturated carbocycles. The molecule has 2 aromatic carbocycles. The zero-order valence-electron chi connectivity index (χ0n) is 19.4. The summed E-state index contributed by atoms with van der Waals surface area (Å²) in [6, 6.07) is 17.1. The molecule has 1 saturated heterocycles. The minimum atomic E-state index is -0.791. The quantitative estimate of drug-likeness (QED) is 0.207. The molecule has 34 heavy (non-hydrogen) atoms. The van der Waals surface area contributed by atoms with Crippen molar-refractivity contribution in [1.29, 1.82) is 0 Å². The summed E-state index contributed by atoms with van der Waals surface area (Å²) in [7, 11) is 0. The highest BCUT2D eigenvalue weighted by molar-refractivity contribution is 6.51. The second-order valence-electron chi connectivity index (χ2n) is 8.37. The largest absolute Gasteiger partial charge is 0.507 e. The Bertz CT molecular complexity index is 1200. The molecule has 1 amide bonds. The lowest BCUT2D eigenvalue weighted by atomic mass is 9.96. The number of ether oxygens (including phenoxy) is 1. The first-order chi connectivity index (χ1) is 16.5. The Morgan fingerprint density at radius 1 is 1.06 bits per heavy atom. The normalized spacial score (nSPS) is 17.2. The first kappa shape index (κ1) is 23.2. The number of pyridine rings is 1. The van der Waals surface area contributed by atoms with Gasteiger partial charge in [0.15, 0.2) is 0 Å². The first-order valence-electron chi connectivity index (χ1n) is 11.5. The molecule has 1 aliphatic rings. The van der Waals surface area contributed by atoms with Crippen LogP contribution in [0.25, 0.3) is 5.76 Å². The number of aryl methyl sites for hydroxylation is 1. The molecule has 174 valence electrons. The summed E-state index contributed by atoms with van der Waals surface area (Å²) in [5.41, 5.74) is 2.67. The molecule has 3 aromatic rings. The average molecular weight is 457 g/mol. The number of rotatable bonds is 8. The van der Waals surface area contributed by atoms with Gasteiger partial charge in [0.2, 0.25) is 0 Å². The monoisotopic (exact) mass is 456 g/mol. The number of hydrogen-bond acceptors (Lipinski definition) is 5. The van der Waals surface area contributed by atoms with Gasteiger partial charge in [-0.25, -0.2) is 0 Å². The maximum Gasteiger partial charge on any atom is 0.300 e. The van der Waals surface area contributed by atoms with Gasteiger partial charge in [0.1, 0.15) is 11.5 Å². The van der Waals surface area contributed by atoms with Crippen LogP contribution in [0.5, 0.6) is 5.75 Å². The second-order valence-corrected chi connectivity index (χ2v) is 8.37. The summed E-state index contributed by atoms with van der Waals surface area (Å²) in [6.07, 6.45) is 6.44. The van der Waals surface area contributed by atoms with Gasteiger partial charge in [-0.1, -0.05) is 38.0 Å². The fourth-order valence-electron chi connectivity index (χ4n) is 4.14. The first-order valence-corrected chi connectivity index (χ1v) is 11.5. The lowest BCUT2D eigenvalue weighted by Crippen LogP contribution is -2.29. The van der Waals surface area contributed by atoms with Gasteiger partial charge in [-0.05, 0) is 66.9 Å². The third-order valence-electron chi connectivity index (χ3n) is 5.87. The number of nitrogens with zero attached hydrogens (tertiary/aromatic N) is 2. The molecular formula is C28H28N2O4. The smallest absolute Gasteiger partial charge is 0.300 e. The van der Waals surface area contributed by atoms with Gasteiger partial charge in [-0.3, -0.25) is 19.5 Å². The van der Waals surface area contributed by atoms with Gasteiger partial charge in [0.05, 0.1) is 18.2 Å². The van der Waals surface area contributed by atoms with Crippen molar-refractivity contribution in [3.8, 4) is 5.75 Å². The number of carbonyl (C=O) groups is 2. The Balaban J connectivity index is 1.74. The molecule has 1 unspecified atom stereocenters. The molecular weight excluding hydrogens is 428 g/mol. The molecule has 0 aliphatic carbocycles. The molecule has 6 heteroatoms. The third-order valence-corrected chi connectivity index (χ3v) is 5.87. The molecule has 6 nitrogen and oxygen atoms in total. The Morgan fingerprint density at radius 2 is 1.85 bits per heavy atom. The standard InChI is InChI=1S/C28H28N2O4/c1-3-4-5-16-34-23-13-11-20(12-14-23)26(31)24-25(21-9-7-15-29-18-21)30(28(33)27(24)32)22-10-6-8-19(2)17-22/h6-15,17-18,25,31H,3-5,16H2,1-2H3/b26-24+. The van der Waals surface area contributed by atoms with E-state index in [0.717, 1.165) is 24.8 Å². The molecule has 1 N–H and O–H groups in total. The Labute approximate surface area is 199 Å². The summed E-state index contributed by atoms with van der Waals surface area (Å²) in [5.74, 6) is -0.943. The number of anilines is 1. The van der Waals surface area contributed by atoms with Crippen LogP contribution in [0.15, 0.2) is 78.6 Å². The van der Waals surface area contributed by atoms with E-state index in [1.54, 1.807) is 54.9 Å². The van der Waals surface area contributed by atoms with E-state index in [9.17, 15) is 14.7 Å². The Hall–Kier alpha value is -3.93. The van der Waals surface area contributed by atoms with Crippen LogP contribution >= 0.6 is 0 Å². The highest BCUT2D eigenvalue weighted by Crippen LogP contribution is 2.42. The lowest BCUT2D eigenvalue weighted by Gasteiger charge is -2.25. The van der Waals surface area contributed by atoms with E-state index in [0.29, 0.717) is 29.2 Å². The average Bonchev–Trinajstić information content (AvgIpc) is 3.13. The SMILES string of the molecule is CCCCCOc1ccc(/C(O)=C2\C(=O)C(=O)N(c3cccc(C)c3)C2c2cccnc2)cc1. The van der Waals surface area contributed by atoms with Crippen LogP contribution in [0.3, 0.4) is 0 Å². The van der Waals surface area contributed by atoms with Crippen LogP contribution in [0.4, 0.5) is 5.69 Å². The van der Waals surface area contributed by atoms with Crippen LogP contribution in [0.2, 0.25) is 0 Å². The summed E-state index contributed by atoms with van der Waals surface area (Å²) >= 11 is 0. The van der Waals surface area contributed by atoms with E-state index >= 15 is 0 Å². The number of benzene rings is 2. The molecule has 1 atom stereocenters. The van der Waals surface area contributed by atoms with E-state index in [-0.39, 0.29) is 11.3 Å². The van der Waals surface area contributed by atoms with Crippen molar-refractivity contribution in [2.75, 3.05) is 11.5 Å². The number of aromatic nitrogens is 1. The van der Waals surface area contributed by atoms with Crippen molar-refractivity contribution >= 4 is 23.1 Å². The summed E-state index contributed by atoms with van der Waals surface area (Å²) in [5, 5.41) is 11.2. The fourth-order valence-corrected chi connectivity index (χ4v) is 4.14. The van der Waals surface area contributed by atoms with Crippen molar-refractivity contribution in [2.45, 2.75) is 39.2 Å². The van der Waals surface area contributed by atoms with E-state index in [4.69, 9.17) is 4.74 Å². The highest BCUT2D eigenvalue weighted by Gasteiger charge is 2.47. The zero-order valence-corrected chi connectivity index (χ0v) is 19.4. The number of amides is 1. The number of Topliss-reactive ketones (excluding diaryl/α,β-unsaturated/α-hetero) is 1. The molecule has 1 aromatic heterocycles.